The van der Waals surface area contributed by atoms with Crippen molar-refractivity contribution in [2.24, 2.45) is 5.73 Å². The zero-order valence-electron chi connectivity index (χ0n) is 19.9. The van der Waals surface area contributed by atoms with Crippen molar-refractivity contribution in [3.05, 3.63) is 65.7 Å². The summed E-state index contributed by atoms with van der Waals surface area (Å²) in [6.45, 7) is 0.263. The molecule has 2 aromatic rings. The van der Waals surface area contributed by atoms with Gasteiger partial charge in [-0.1, -0.05) is 42.5 Å². The Bertz CT molecular complexity index is 1170. The Balaban J connectivity index is 2.16. The largest absolute Gasteiger partial charge is 0.480 e. The molecule has 0 saturated heterocycles. The van der Waals surface area contributed by atoms with Crippen LogP contribution in [-0.4, -0.2) is 61.0 Å². The lowest BCUT2D eigenvalue weighted by Crippen LogP contribution is -2.53. The van der Waals surface area contributed by atoms with Crippen LogP contribution in [0.15, 0.2) is 59.5 Å². The number of nitrogens with zero attached hydrogens (tertiary/aromatic N) is 1. The fraction of sp³-hybridized carbons (Fsp3) is 0.333. The lowest BCUT2D eigenvalue weighted by Gasteiger charge is -2.29. The standard InChI is InChI=1S/C24H31N5O6S/c1-36(34,35)20-11-9-18(10-12-20)16-28-29(21(23(32)33)8-5-13-27-24(25)26)22(31)15-19(30)14-17-6-3-2-4-7-17/h2-4,6-7,9-12,21,28H,5,8,13-16H2,1H3,(H,32,33)(H4,25,26,27)/t21-/m0/s1. The molecule has 11 nitrogen and oxygen atoms in total. The number of guanidine groups is 1. The number of amides is 1. The number of carbonyl (C=O) groups excluding carboxylic acids is 2. The van der Waals surface area contributed by atoms with Crippen LogP contribution in [0, 0.1) is 5.41 Å². The smallest absolute Gasteiger partial charge is 0.328 e. The normalized spacial score (nSPS) is 11.9. The number of aliphatic carboxylic acids is 1. The highest BCUT2D eigenvalue weighted by Crippen LogP contribution is 2.13. The van der Waals surface area contributed by atoms with Gasteiger partial charge in [-0.15, -0.1) is 0 Å². The number of Topliss-reactive ketones (excluding diaryl/α,β-unsaturated/α-hetero) is 1. The Morgan fingerprint density at radius 3 is 2.25 bits per heavy atom. The molecule has 0 spiro atoms. The van der Waals surface area contributed by atoms with E-state index in [9.17, 15) is 27.9 Å². The van der Waals surface area contributed by atoms with Gasteiger partial charge in [0.25, 0.3) is 0 Å². The van der Waals surface area contributed by atoms with Crippen LogP contribution < -0.4 is 16.5 Å². The Morgan fingerprint density at radius 2 is 1.69 bits per heavy atom. The van der Waals surface area contributed by atoms with Crippen molar-refractivity contribution in [2.75, 3.05) is 12.8 Å². The summed E-state index contributed by atoms with van der Waals surface area (Å²) in [5, 5.41) is 20.6. The number of ketones is 1. The summed E-state index contributed by atoms with van der Waals surface area (Å²) < 4.78 is 23.3. The van der Waals surface area contributed by atoms with Gasteiger partial charge in [-0.05, 0) is 36.1 Å². The highest BCUT2D eigenvalue weighted by Gasteiger charge is 2.30. The van der Waals surface area contributed by atoms with Gasteiger partial charge in [0.1, 0.15) is 11.8 Å². The van der Waals surface area contributed by atoms with E-state index in [2.05, 4.69) is 10.7 Å². The fourth-order valence-electron chi connectivity index (χ4n) is 3.42. The Kier molecular flexibility index (Phi) is 10.6. The number of nitrogens with one attached hydrogen (secondary N) is 3. The number of rotatable bonds is 14. The molecule has 2 aromatic carbocycles. The van der Waals surface area contributed by atoms with Crippen LogP contribution in [-0.2, 0) is 37.2 Å². The number of hydrogen-bond donors (Lipinski definition) is 5. The molecule has 0 heterocycles. The molecule has 0 saturated carbocycles. The number of sulfone groups is 1. The van der Waals surface area contributed by atoms with Gasteiger partial charge in [0.2, 0.25) is 5.91 Å². The van der Waals surface area contributed by atoms with Crippen LogP contribution in [0.5, 0.6) is 0 Å². The summed E-state index contributed by atoms with van der Waals surface area (Å²) in [5.74, 6) is -2.58. The van der Waals surface area contributed by atoms with E-state index in [0.29, 0.717) is 12.0 Å². The van der Waals surface area contributed by atoms with E-state index in [1.807, 2.05) is 6.07 Å². The van der Waals surface area contributed by atoms with Crippen molar-refractivity contribution in [1.82, 2.24) is 15.8 Å². The van der Waals surface area contributed by atoms with Gasteiger partial charge in [0.05, 0.1) is 11.3 Å². The monoisotopic (exact) mass is 517 g/mol. The summed E-state index contributed by atoms with van der Waals surface area (Å²) in [6, 6.07) is 13.6. The molecule has 1 atom stereocenters. The van der Waals surface area contributed by atoms with Crippen molar-refractivity contribution < 1.29 is 27.9 Å². The molecule has 1 amide bonds. The van der Waals surface area contributed by atoms with Crippen LogP contribution in [0.1, 0.15) is 30.4 Å². The topological polar surface area (TPSA) is 183 Å². The lowest BCUT2D eigenvalue weighted by atomic mass is 10.1. The average Bonchev–Trinajstić information content (AvgIpc) is 2.80. The number of hydrazine groups is 1. The molecule has 194 valence electrons. The van der Waals surface area contributed by atoms with Crippen LogP contribution in [0.2, 0.25) is 0 Å². The molecule has 0 aromatic heterocycles. The second-order valence-electron chi connectivity index (χ2n) is 8.23. The van der Waals surface area contributed by atoms with Crippen LogP contribution in [0.25, 0.3) is 0 Å². The van der Waals surface area contributed by atoms with E-state index in [1.165, 1.54) is 12.1 Å². The number of carbonyl (C=O) groups is 3. The molecule has 0 aliphatic carbocycles. The van der Waals surface area contributed by atoms with Gasteiger partial charge in [-0.2, -0.15) is 0 Å². The fourth-order valence-corrected chi connectivity index (χ4v) is 4.05. The minimum atomic E-state index is -3.38. The van der Waals surface area contributed by atoms with Gasteiger partial charge in [-0.25, -0.2) is 18.6 Å². The quantitative estimate of drug-likeness (QED) is 0.0797. The van der Waals surface area contributed by atoms with E-state index >= 15 is 0 Å². The number of nitrogens with two attached hydrogens (primary N) is 1. The predicted octanol–water partition coefficient (Wildman–Crippen LogP) is 0.842. The molecule has 2 rings (SSSR count). The van der Waals surface area contributed by atoms with Gasteiger partial charge >= 0.3 is 5.97 Å². The third kappa shape index (κ3) is 9.47. The van der Waals surface area contributed by atoms with Crippen molar-refractivity contribution in [3.8, 4) is 0 Å². The minimum absolute atomic E-state index is 0.0259. The summed E-state index contributed by atoms with van der Waals surface area (Å²) >= 11 is 0. The number of carboxylic acids is 1. The second kappa shape index (κ2) is 13.4. The third-order valence-corrected chi connectivity index (χ3v) is 6.36. The van der Waals surface area contributed by atoms with Gasteiger partial charge < -0.3 is 16.2 Å². The number of benzene rings is 2. The molecule has 6 N–H and O–H groups in total. The zero-order chi connectivity index (χ0) is 26.7. The molecule has 0 bridgehead atoms. The number of hydrogen-bond acceptors (Lipinski definition) is 7. The maximum absolute atomic E-state index is 13.1. The van der Waals surface area contributed by atoms with E-state index in [4.69, 9.17) is 11.1 Å². The Labute approximate surface area is 210 Å². The zero-order valence-corrected chi connectivity index (χ0v) is 20.8. The predicted molar refractivity (Wildman–Crippen MR) is 134 cm³/mol. The summed E-state index contributed by atoms with van der Waals surface area (Å²) in [7, 11) is -3.38. The molecule has 0 aliphatic rings. The second-order valence-corrected chi connectivity index (χ2v) is 10.2. The average molecular weight is 518 g/mol. The highest BCUT2D eigenvalue weighted by molar-refractivity contribution is 7.90. The van der Waals surface area contributed by atoms with Crippen molar-refractivity contribution in [3.63, 3.8) is 0 Å². The highest BCUT2D eigenvalue weighted by atomic mass is 32.2. The first kappa shape index (κ1) is 28.5. The molecule has 0 radical (unpaired) electrons. The number of carboxylic acid groups (broad SMARTS) is 1. The molecular formula is C24H31N5O6S. The third-order valence-electron chi connectivity index (χ3n) is 5.23. The maximum atomic E-state index is 13.1. The maximum Gasteiger partial charge on any atom is 0.328 e. The molecular weight excluding hydrogens is 486 g/mol. The first-order chi connectivity index (χ1) is 17.0. The van der Waals surface area contributed by atoms with Crippen LogP contribution in [0.4, 0.5) is 0 Å². The first-order valence-corrected chi connectivity index (χ1v) is 13.1. The Morgan fingerprint density at radius 1 is 1.06 bits per heavy atom. The summed E-state index contributed by atoms with van der Waals surface area (Å²) in [6.07, 6.45) is 0.959. The van der Waals surface area contributed by atoms with Gasteiger partial charge in [-0.3, -0.25) is 20.0 Å². The van der Waals surface area contributed by atoms with Crippen molar-refractivity contribution in [1.29, 1.82) is 5.41 Å². The SMILES string of the molecule is CS(=O)(=O)c1ccc(CNN(C(=O)CC(=O)Cc2ccccc2)[C@@H](CCCNC(=N)N)C(=O)O)cc1. The summed E-state index contributed by atoms with van der Waals surface area (Å²) in [5.41, 5.74) is 9.41. The molecule has 12 heteroatoms. The first-order valence-electron chi connectivity index (χ1n) is 11.2. The van der Waals surface area contributed by atoms with Crippen LogP contribution in [0.3, 0.4) is 0 Å². The molecule has 0 aliphatic heterocycles. The van der Waals surface area contributed by atoms with E-state index < -0.39 is 34.2 Å². The van der Waals surface area contributed by atoms with Gasteiger partial charge in [0.15, 0.2) is 15.8 Å². The van der Waals surface area contributed by atoms with Crippen molar-refractivity contribution >= 4 is 33.5 Å². The van der Waals surface area contributed by atoms with E-state index in [-0.39, 0.29) is 42.6 Å². The molecule has 36 heavy (non-hydrogen) atoms. The van der Waals surface area contributed by atoms with Crippen molar-refractivity contribution in [2.45, 2.75) is 43.2 Å². The molecule has 0 fully saturated rings. The molecule has 0 unspecified atom stereocenters. The van der Waals surface area contributed by atoms with E-state index in [0.717, 1.165) is 16.8 Å². The minimum Gasteiger partial charge on any atom is -0.480 e. The lowest BCUT2D eigenvalue weighted by molar-refractivity contribution is -0.155. The van der Waals surface area contributed by atoms with Crippen LogP contribution >= 0.6 is 0 Å². The Hall–Kier alpha value is -3.77. The van der Waals surface area contributed by atoms with E-state index in [1.54, 1.807) is 36.4 Å². The summed E-state index contributed by atoms with van der Waals surface area (Å²) in [4.78, 5) is 37.8. The van der Waals surface area contributed by atoms with Gasteiger partial charge in [0, 0.05) is 25.8 Å².